The van der Waals surface area contributed by atoms with Crippen molar-refractivity contribution in [2.24, 2.45) is 3.15 Å². The summed E-state index contributed by atoms with van der Waals surface area (Å²) in [6.07, 6.45) is 0. The minimum atomic E-state index is -0.0188. The molecule has 1 aliphatic rings. The second kappa shape index (κ2) is 2.54. The number of allylic oxidation sites excluding steroid dienone is 1. The summed E-state index contributed by atoms with van der Waals surface area (Å²) in [6.45, 7) is 2.17. The molecule has 2 heterocycles. The molecule has 2 rings (SSSR count). The van der Waals surface area contributed by atoms with E-state index in [0.717, 1.165) is 0 Å². The van der Waals surface area contributed by atoms with Gasteiger partial charge in [0.25, 0.3) is 0 Å². The molecular formula is C7H6INS. The van der Waals surface area contributed by atoms with E-state index in [-0.39, 0.29) is 21.0 Å². The molecule has 0 aliphatic carbocycles. The van der Waals surface area contributed by atoms with Crippen LogP contribution >= 0.6 is 32.4 Å². The quantitative estimate of drug-likeness (QED) is 0.629. The van der Waals surface area contributed by atoms with Crippen LogP contribution in [0.2, 0.25) is 0 Å². The van der Waals surface area contributed by atoms with Gasteiger partial charge in [0.15, 0.2) is 0 Å². The topological polar surface area (TPSA) is 12.4 Å². The number of thiophene rings is 1. The molecule has 0 spiro atoms. The van der Waals surface area contributed by atoms with Crippen LogP contribution in [-0.2, 0) is 0 Å². The standard InChI is InChI=1S/C7H6INS/c1-5-4-8-9-6-2-3-10-7(5)6/h2-4H,1H3. The van der Waals surface area contributed by atoms with Crippen LogP contribution in [0, 0.1) is 0 Å². The number of hydrogen-bond donors (Lipinski definition) is 0. The number of nitrogens with zero attached hydrogens (tertiary/aromatic N) is 1. The Hall–Kier alpha value is -0.0300. The van der Waals surface area contributed by atoms with Gasteiger partial charge in [-0.05, 0) is 28.0 Å². The van der Waals surface area contributed by atoms with Crippen LogP contribution in [0.3, 0.4) is 0 Å². The maximum absolute atomic E-state index is 4.45. The average Bonchev–Trinajstić information content (AvgIpc) is 2.36. The normalized spacial score (nSPS) is 15.5. The van der Waals surface area contributed by atoms with Crippen LogP contribution < -0.4 is 0 Å². The second-order valence-corrected chi connectivity index (χ2v) is 4.69. The lowest BCUT2D eigenvalue weighted by Gasteiger charge is -2.00. The van der Waals surface area contributed by atoms with Crippen LogP contribution in [-0.4, -0.2) is 0 Å². The van der Waals surface area contributed by atoms with Gasteiger partial charge in [0.05, 0.1) is 10.6 Å². The summed E-state index contributed by atoms with van der Waals surface area (Å²) in [5.41, 5.74) is 2.64. The number of fused-ring (bicyclic) bond motifs is 1. The first kappa shape index (κ1) is 6.67. The molecule has 52 valence electrons. The first-order valence-corrected chi connectivity index (χ1v) is 6.05. The van der Waals surface area contributed by atoms with E-state index in [0.29, 0.717) is 0 Å². The molecule has 1 aromatic heterocycles. The molecule has 0 radical (unpaired) electrons. The van der Waals surface area contributed by atoms with Gasteiger partial charge in [0, 0.05) is 21.0 Å². The van der Waals surface area contributed by atoms with Gasteiger partial charge in [-0.1, -0.05) is 0 Å². The van der Waals surface area contributed by atoms with Crippen LogP contribution in [0.25, 0.3) is 5.57 Å². The highest BCUT2D eigenvalue weighted by molar-refractivity contribution is 14.2. The first-order chi connectivity index (χ1) is 4.88. The highest BCUT2D eigenvalue weighted by Crippen LogP contribution is 2.38. The second-order valence-electron chi connectivity index (χ2n) is 2.11. The van der Waals surface area contributed by atoms with Gasteiger partial charge in [0.2, 0.25) is 0 Å². The molecule has 10 heavy (non-hydrogen) atoms. The van der Waals surface area contributed by atoms with Gasteiger partial charge in [-0.2, -0.15) is 0 Å². The van der Waals surface area contributed by atoms with E-state index in [9.17, 15) is 0 Å². The van der Waals surface area contributed by atoms with Gasteiger partial charge < -0.3 is 0 Å². The minimum Gasteiger partial charge on any atom is -0.221 e. The van der Waals surface area contributed by atoms with Crippen molar-refractivity contribution in [3.63, 3.8) is 0 Å². The molecule has 3 heteroatoms. The maximum atomic E-state index is 4.45. The van der Waals surface area contributed by atoms with Crippen LogP contribution in [0.1, 0.15) is 11.8 Å². The van der Waals surface area contributed by atoms with Crippen LogP contribution in [0.4, 0.5) is 5.69 Å². The summed E-state index contributed by atoms with van der Waals surface area (Å²) in [6, 6.07) is 2.11. The Morgan fingerprint density at radius 1 is 1.60 bits per heavy atom. The smallest absolute Gasteiger partial charge is 0.0874 e. The van der Waals surface area contributed by atoms with Crippen molar-refractivity contribution in [2.75, 3.05) is 0 Å². The molecule has 0 fully saturated rings. The zero-order valence-corrected chi connectivity index (χ0v) is 8.44. The summed E-state index contributed by atoms with van der Waals surface area (Å²) in [5, 5.41) is 2.11. The lowest BCUT2D eigenvalue weighted by Crippen LogP contribution is -1.71. The number of rotatable bonds is 0. The molecule has 1 nitrogen and oxygen atoms in total. The fraction of sp³-hybridized carbons (Fsp3) is 0.143. The Kier molecular flexibility index (Phi) is 1.69. The summed E-state index contributed by atoms with van der Waals surface area (Å²) >= 11 is 1.77. The molecule has 0 N–H and O–H groups in total. The third kappa shape index (κ3) is 0.971. The zero-order chi connectivity index (χ0) is 6.97. The summed E-state index contributed by atoms with van der Waals surface area (Å²) in [7, 11) is 0. The fourth-order valence-corrected chi connectivity index (χ4v) is 3.62. The van der Waals surface area contributed by atoms with Crippen molar-refractivity contribution < 1.29 is 0 Å². The van der Waals surface area contributed by atoms with E-state index >= 15 is 0 Å². The Balaban J connectivity index is 2.67. The summed E-state index contributed by atoms with van der Waals surface area (Å²) in [4.78, 5) is 1.37. The molecule has 1 aliphatic heterocycles. The maximum Gasteiger partial charge on any atom is 0.0874 e. The molecular weight excluding hydrogens is 257 g/mol. The highest BCUT2D eigenvalue weighted by Gasteiger charge is 2.06. The lowest BCUT2D eigenvalue weighted by atomic mass is 10.2. The molecule has 0 saturated heterocycles. The monoisotopic (exact) mass is 263 g/mol. The molecule has 0 unspecified atom stereocenters. The van der Waals surface area contributed by atoms with E-state index < -0.39 is 0 Å². The molecule has 0 amide bonds. The summed E-state index contributed by atoms with van der Waals surface area (Å²) in [5.74, 6) is 0. The van der Waals surface area contributed by atoms with E-state index in [1.807, 2.05) is 0 Å². The predicted molar refractivity (Wildman–Crippen MR) is 54.1 cm³/mol. The third-order valence-corrected chi connectivity index (χ3v) is 4.40. The molecule has 0 saturated carbocycles. The SMILES string of the molecule is CC1=CI=Nc2ccsc21. The average molecular weight is 263 g/mol. The molecule has 0 aromatic carbocycles. The fourth-order valence-electron chi connectivity index (χ4n) is 0.864. The highest BCUT2D eigenvalue weighted by atomic mass is 127. The van der Waals surface area contributed by atoms with Crippen molar-refractivity contribution in [2.45, 2.75) is 6.92 Å². The molecule has 0 bridgehead atoms. The van der Waals surface area contributed by atoms with Crippen molar-refractivity contribution in [1.82, 2.24) is 0 Å². The van der Waals surface area contributed by atoms with Gasteiger partial charge in [-0.3, -0.25) is 0 Å². The number of halogens is 1. The Morgan fingerprint density at radius 2 is 2.50 bits per heavy atom. The van der Waals surface area contributed by atoms with E-state index in [4.69, 9.17) is 0 Å². The van der Waals surface area contributed by atoms with Crippen LogP contribution in [0.5, 0.6) is 0 Å². The predicted octanol–water partition coefficient (Wildman–Crippen LogP) is 3.91. The van der Waals surface area contributed by atoms with E-state index in [1.165, 1.54) is 16.1 Å². The van der Waals surface area contributed by atoms with Gasteiger partial charge in [-0.15, -0.1) is 11.3 Å². The van der Waals surface area contributed by atoms with E-state index in [1.54, 1.807) is 11.3 Å². The molecule has 1 aromatic rings. The van der Waals surface area contributed by atoms with Crippen molar-refractivity contribution >= 4 is 43.6 Å². The first-order valence-electron chi connectivity index (χ1n) is 2.96. The van der Waals surface area contributed by atoms with Gasteiger partial charge >= 0.3 is 0 Å². The van der Waals surface area contributed by atoms with Gasteiger partial charge in [0.1, 0.15) is 0 Å². The van der Waals surface area contributed by atoms with Gasteiger partial charge in [-0.25, -0.2) is 3.15 Å². The summed E-state index contributed by atoms with van der Waals surface area (Å²) < 4.78 is 6.72. The van der Waals surface area contributed by atoms with Crippen molar-refractivity contribution in [1.29, 1.82) is 0 Å². The zero-order valence-electron chi connectivity index (χ0n) is 5.47. The van der Waals surface area contributed by atoms with Crippen molar-refractivity contribution in [3.8, 4) is 0 Å². The minimum absolute atomic E-state index is 0.0188. The lowest BCUT2D eigenvalue weighted by molar-refractivity contribution is 1.62. The Labute approximate surface area is 73.9 Å². The van der Waals surface area contributed by atoms with Crippen LogP contribution in [0.15, 0.2) is 18.7 Å². The molecule has 0 atom stereocenters. The van der Waals surface area contributed by atoms with Crippen molar-refractivity contribution in [3.05, 3.63) is 20.4 Å². The number of hydrogen-bond acceptors (Lipinski definition) is 2. The van der Waals surface area contributed by atoms with E-state index in [2.05, 4.69) is 25.6 Å². The largest absolute Gasteiger partial charge is 0.221 e. The third-order valence-electron chi connectivity index (χ3n) is 1.35. The Morgan fingerprint density at radius 3 is 3.30 bits per heavy atom. The Bertz CT molecular complexity index is 311.